The summed E-state index contributed by atoms with van der Waals surface area (Å²) in [6, 6.07) is 18.9. The summed E-state index contributed by atoms with van der Waals surface area (Å²) in [6.07, 6.45) is 0.00100. The van der Waals surface area contributed by atoms with Crippen LogP contribution in [0.15, 0.2) is 66.7 Å². The first kappa shape index (κ1) is 36.5. The Labute approximate surface area is 288 Å². The molecule has 3 aromatic rings. The van der Waals surface area contributed by atoms with Crippen LogP contribution in [0.1, 0.15) is 41.9 Å². The number of cyclic esters (lactones) is 1. The maximum atomic E-state index is 13.4. The zero-order chi connectivity index (χ0) is 33.3. The highest BCUT2D eigenvalue weighted by Gasteiger charge is 2.36. The number of hydrogen-bond acceptors (Lipinski definition) is 9. The summed E-state index contributed by atoms with van der Waals surface area (Å²) in [6.45, 7) is 1.22. The molecule has 256 valence electrons. The highest BCUT2D eigenvalue weighted by molar-refractivity contribution is 7.18. The van der Waals surface area contributed by atoms with Gasteiger partial charge in [-0.1, -0.05) is 49.4 Å². The quantitative estimate of drug-likeness (QED) is 0.252. The molecular weight excluding hydrogens is 658 g/mol. The molecule has 2 fully saturated rings. The number of nitrogens with zero attached hydrogens (tertiary/aromatic N) is 3. The molecular formula is C34H40ClN5O7S. The number of carbonyl (C=O) groups is 5. The van der Waals surface area contributed by atoms with Crippen LogP contribution < -0.4 is 20.9 Å². The Bertz CT molecular complexity index is 1590. The summed E-state index contributed by atoms with van der Waals surface area (Å²) in [7, 11) is 0. The number of morpholine rings is 1. The number of benzene rings is 2. The molecule has 5 amide bonds. The van der Waals surface area contributed by atoms with E-state index in [4.69, 9.17) is 26.8 Å². The predicted octanol–water partition coefficient (Wildman–Crippen LogP) is 4.25. The van der Waals surface area contributed by atoms with Gasteiger partial charge in [-0.2, -0.15) is 0 Å². The van der Waals surface area contributed by atoms with E-state index in [1.54, 1.807) is 41.3 Å². The first-order valence-electron chi connectivity index (χ1n) is 15.3. The van der Waals surface area contributed by atoms with E-state index in [0.29, 0.717) is 54.7 Å². The standard InChI is InChI=1S/C33H36ClN5O7S.CH4/c34-28-14-13-27(47-28)32(43)39(29(40)8-4-5-15-36-31(42)26(35)18-22-6-2-1-3-7-22)20-25-19-38(33(44)46-25)24-11-9-23(10-12-24)37-16-17-45-21-30(37)41;/h1-3,6-7,9-14,25-26H,4-5,8,15-21,35H2,(H,36,42);1H4/t25-,26+;/m1./s1. The van der Waals surface area contributed by atoms with Gasteiger partial charge in [0.05, 0.1) is 35.0 Å². The maximum Gasteiger partial charge on any atom is 0.414 e. The van der Waals surface area contributed by atoms with Gasteiger partial charge >= 0.3 is 6.09 Å². The molecule has 2 aliphatic rings. The number of hydrogen-bond donors (Lipinski definition) is 2. The number of anilines is 2. The molecule has 0 spiro atoms. The SMILES string of the molecule is C.N[C@@H](Cc1ccccc1)C(=O)NCCCCC(=O)N(C[C@H]1CN(c2ccc(N3CCOCC3=O)cc2)C(=O)O1)C(=O)c1ccc(Cl)s1. The normalized spacial score (nSPS) is 16.6. The van der Waals surface area contributed by atoms with Crippen molar-refractivity contribution in [1.82, 2.24) is 10.2 Å². The van der Waals surface area contributed by atoms with Crippen molar-refractivity contribution in [2.75, 3.05) is 49.2 Å². The van der Waals surface area contributed by atoms with Gasteiger partial charge in [-0.15, -0.1) is 11.3 Å². The zero-order valence-electron chi connectivity index (χ0n) is 25.6. The third-order valence-corrected chi connectivity index (χ3v) is 9.02. The lowest BCUT2D eigenvalue weighted by molar-refractivity contribution is -0.129. The monoisotopic (exact) mass is 697 g/mol. The van der Waals surface area contributed by atoms with E-state index in [1.807, 2.05) is 30.3 Å². The molecule has 48 heavy (non-hydrogen) atoms. The van der Waals surface area contributed by atoms with Crippen molar-refractivity contribution < 1.29 is 33.4 Å². The van der Waals surface area contributed by atoms with E-state index in [-0.39, 0.29) is 50.2 Å². The van der Waals surface area contributed by atoms with Crippen molar-refractivity contribution in [3.05, 3.63) is 81.5 Å². The largest absolute Gasteiger partial charge is 0.442 e. The van der Waals surface area contributed by atoms with Crippen LogP contribution in [0.25, 0.3) is 0 Å². The van der Waals surface area contributed by atoms with Gasteiger partial charge in [0.2, 0.25) is 11.8 Å². The molecule has 0 radical (unpaired) electrons. The fraction of sp³-hybridized carbons (Fsp3) is 0.382. The van der Waals surface area contributed by atoms with E-state index in [1.165, 1.54) is 4.90 Å². The van der Waals surface area contributed by atoms with Crippen LogP contribution >= 0.6 is 22.9 Å². The molecule has 2 saturated heterocycles. The molecule has 3 heterocycles. The molecule has 14 heteroatoms. The number of nitrogens with one attached hydrogen (secondary N) is 1. The van der Waals surface area contributed by atoms with Crippen molar-refractivity contribution in [3.8, 4) is 0 Å². The second kappa shape index (κ2) is 17.2. The summed E-state index contributed by atoms with van der Waals surface area (Å²) in [4.78, 5) is 68.7. The Balaban J connectivity index is 0.00000520. The molecule has 2 aromatic carbocycles. The predicted molar refractivity (Wildman–Crippen MR) is 184 cm³/mol. The Hall–Kier alpha value is -4.30. The number of ether oxygens (including phenoxy) is 2. The molecule has 12 nitrogen and oxygen atoms in total. The van der Waals surface area contributed by atoms with Crippen LogP contribution in [0.2, 0.25) is 4.34 Å². The molecule has 0 saturated carbocycles. The van der Waals surface area contributed by atoms with E-state index >= 15 is 0 Å². The lowest BCUT2D eigenvalue weighted by Crippen LogP contribution is -2.43. The fourth-order valence-corrected chi connectivity index (χ4v) is 6.33. The summed E-state index contributed by atoms with van der Waals surface area (Å²) >= 11 is 7.12. The van der Waals surface area contributed by atoms with Gasteiger partial charge in [0.25, 0.3) is 11.8 Å². The van der Waals surface area contributed by atoms with Crippen molar-refractivity contribution in [2.24, 2.45) is 5.73 Å². The average Bonchev–Trinajstić information content (AvgIpc) is 3.68. The van der Waals surface area contributed by atoms with Crippen molar-refractivity contribution in [2.45, 2.75) is 45.3 Å². The lowest BCUT2D eigenvalue weighted by Gasteiger charge is -2.27. The minimum absolute atomic E-state index is 0. The van der Waals surface area contributed by atoms with Gasteiger partial charge < -0.3 is 25.4 Å². The van der Waals surface area contributed by atoms with Crippen molar-refractivity contribution in [3.63, 3.8) is 0 Å². The fourth-order valence-electron chi connectivity index (χ4n) is 5.33. The summed E-state index contributed by atoms with van der Waals surface area (Å²) in [5.41, 5.74) is 8.26. The number of thiophene rings is 1. The average molecular weight is 698 g/mol. The van der Waals surface area contributed by atoms with Gasteiger partial charge in [0.1, 0.15) is 12.7 Å². The zero-order valence-corrected chi connectivity index (χ0v) is 27.2. The van der Waals surface area contributed by atoms with Gasteiger partial charge in [-0.25, -0.2) is 4.79 Å². The lowest BCUT2D eigenvalue weighted by atomic mass is 10.1. The van der Waals surface area contributed by atoms with Crippen LogP contribution in [0.3, 0.4) is 0 Å². The molecule has 5 rings (SSSR count). The smallest absolute Gasteiger partial charge is 0.414 e. The molecule has 1 aromatic heterocycles. The van der Waals surface area contributed by atoms with Crippen LogP contribution in [0, 0.1) is 0 Å². The van der Waals surface area contributed by atoms with Crippen LogP contribution in [-0.4, -0.2) is 86.2 Å². The Morgan fingerprint density at radius 2 is 1.71 bits per heavy atom. The van der Waals surface area contributed by atoms with E-state index in [2.05, 4.69) is 5.32 Å². The van der Waals surface area contributed by atoms with Gasteiger partial charge in [0, 0.05) is 30.9 Å². The van der Waals surface area contributed by atoms with Crippen molar-refractivity contribution >= 4 is 64.0 Å². The Kier molecular flexibility index (Phi) is 13.1. The van der Waals surface area contributed by atoms with Gasteiger partial charge in [-0.3, -0.25) is 29.0 Å². The summed E-state index contributed by atoms with van der Waals surface area (Å²) in [5.74, 6) is -1.37. The first-order chi connectivity index (χ1) is 22.7. The topological polar surface area (TPSA) is 152 Å². The first-order valence-corrected chi connectivity index (χ1v) is 16.5. The molecule has 3 N–H and O–H groups in total. The minimum atomic E-state index is -0.767. The highest BCUT2D eigenvalue weighted by Crippen LogP contribution is 2.27. The molecule has 2 atom stereocenters. The number of imide groups is 1. The number of amides is 5. The van der Waals surface area contributed by atoms with Crippen LogP contribution in [-0.2, 0) is 30.3 Å². The molecule has 0 bridgehead atoms. The third kappa shape index (κ3) is 9.41. The van der Waals surface area contributed by atoms with Crippen LogP contribution in [0.5, 0.6) is 0 Å². The van der Waals surface area contributed by atoms with Gasteiger partial charge in [-0.05, 0) is 61.2 Å². The van der Waals surface area contributed by atoms with E-state index < -0.39 is 30.1 Å². The van der Waals surface area contributed by atoms with E-state index in [0.717, 1.165) is 21.8 Å². The number of halogens is 1. The van der Waals surface area contributed by atoms with Gasteiger partial charge in [0.15, 0.2) is 0 Å². The summed E-state index contributed by atoms with van der Waals surface area (Å²) in [5, 5.41) is 2.81. The van der Waals surface area contributed by atoms with E-state index in [9.17, 15) is 24.0 Å². The Morgan fingerprint density at radius 3 is 2.38 bits per heavy atom. The second-order valence-electron chi connectivity index (χ2n) is 11.2. The summed E-state index contributed by atoms with van der Waals surface area (Å²) < 4.78 is 11.2. The molecule has 0 aliphatic carbocycles. The number of nitrogens with two attached hydrogens (primary N) is 1. The second-order valence-corrected chi connectivity index (χ2v) is 12.9. The molecule has 0 unspecified atom stereocenters. The number of rotatable bonds is 13. The number of unbranched alkanes of at least 4 members (excludes halogenated alkanes) is 1. The number of carbonyl (C=O) groups excluding carboxylic acids is 5. The van der Waals surface area contributed by atoms with Crippen molar-refractivity contribution in [1.29, 1.82) is 0 Å². The molecule has 2 aliphatic heterocycles. The minimum Gasteiger partial charge on any atom is -0.442 e. The highest BCUT2D eigenvalue weighted by atomic mass is 35.5. The van der Waals surface area contributed by atoms with Crippen LogP contribution in [0.4, 0.5) is 16.2 Å². The third-order valence-electron chi connectivity index (χ3n) is 7.80. The Morgan fingerprint density at radius 1 is 1.00 bits per heavy atom. The maximum absolute atomic E-state index is 13.4.